The van der Waals surface area contributed by atoms with Crippen LogP contribution < -0.4 is 4.90 Å². The van der Waals surface area contributed by atoms with Crippen molar-refractivity contribution in [3.8, 4) is 0 Å². The zero-order chi connectivity index (χ0) is 11.4. The van der Waals surface area contributed by atoms with Crippen molar-refractivity contribution < 1.29 is 5.11 Å². The average Bonchev–Trinajstić information content (AvgIpc) is 2.33. The maximum Gasteiger partial charge on any atom is 0.0610 e. The van der Waals surface area contributed by atoms with E-state index >= 15 is 0 Å². The van der Waals surface area contributed by atoms with Gasteiger partial charge in [0.1, 0.15) is 0 Å². The van der Waals surface area contributed by atoms with Crippen LogP contribution in [0.3, 0.4) is 0 Å². The van der Waals surface area contributed by atoms with E-state index in [2.05, 4.69) is 23.6 Å². The third-order valence-electron chi connectivity index (χ3n) is 2.60. The monoisotopic (exact) mass is 213 g/mol. The molecule has 0 aromatic heterocycles. The zero-order valence-corrected chi connectivity index (χ0v) is 9.13. The van der Waals surface area contributed by atoms with Gasteiger partial charge in [-0.25, -0.2) is 0 Å². The summed E-state index contributed by atoms with van der Waals surface area (Å²) in [6.07, 6.45) is 7.82. The molecular formula is C14H15NO. The highest BCUT2D eigenvalue weighted by Crippen LogP contribution is 2.32. The van der Waals surface area contributed by atoms with Crippen LogP contribution in [0.5, 0.6) is 0 Å². The van der Waals surface area contributed by atoms with Crippen LogP contribution in [0.15, 0.2) is 55.3 Å². The topological polar surface area (TPSA) is 23.5 Å². The van der Waals surface area contributed by atoms with Crippen LogP contribution >= 0.6 is 0 Å². The van der Waals surface area contributed by atoms with Gasteiger partial charge < -0.3 is 10.0 Å². The Kier molecular flexibility index (Phi) is 3.22. The summed E-state index contributed by atoms with van der Waals surface area (Å²) in [5.74, 6) is 0. The first-order valence-electron chi connectivity index (χ1n) is 5.34. The largest absolute Gasteiger partial charge is 0.395 e. The first-order valence-corrected chi connectivity index (χ1v) is 5.34. The molecule has 1 aromatic carbocycles. The van der Waals surface area contributed by atoms with E-state index in [1.165, 1.54) is 5.56 Å². The van der Waals surface area contributed by atoms with Crippen molar-refractivity contribution in [2.75, 3.05) is 18.1 Å². The molecule has 1 aliphatic heterocycles. The third-order valence-corrected chi connectivity index (χ3v) is 2.60. The van der Waals surface area contributed by atoms with Gasteiger partial charge >= 0.3 is 0 Å². The number of fused-ring (bicyclic) bond motifs is 1. The molecule has 0 saturated carbocycles. The molecule has 0 radical (unpaired) electrons. The molecule has 0 aliphatic carbocycles. The van der Waals surface area contributed by atoms with E-state index in [0.717, 1.165) is 11.3 Å². The lowest BCUT2D eigenvalue weighted by molar-refractivity contribution is 0.305. The van der Waals surface area contributed by atoms with Crippen molar-refractivity contribution in [3.63, 3.8) is 0 Å². The maximum absolute atomic E-state index is 9.01. The second kappa shape index (κ2) is 4.81. The summed E-state index contributed by atoms with van der Waals surface area (Å²) in [5.41, 5.74) is 3.46. The Bertz CT molecular complexity index is 446. The Balaban J connectivity index is 2.45. The Morgan fingerprint density at radius 3 is 2.88 bits per heavy atom. The number of hydrogen-bond donors (Lipinski definition) is 1. The average molecular weight is 213 g/mol. The van der Waals surface area contributed by atoms with E-state index in [4.69, 9.17) is 5.11 Å². The van der Waals surface area contributed by atoms with Crippen LogP contribution in [-0.4, -0.2) is 18.3 Å². The Labute approximate surface area is 95.8 Å². The van der Waals surface area contributed by atoms with Crippen molar-refractivity contribution >= 4 is 11.3 Å². The molecule has 1 aliphatic rings. The SMILES string of the molecule is C=C/C=C1/C=CN(CCO)c2ccccc21. The molecule has 0 unspecified atom stereocenters. The molecule has 2 nitrogen and oxygen atoms in total. The van der Waals surface area contributed by atoms with Crippen LogP contribution in [0.4, 0.5) is 5.69 Å². The number of nitrogens with zero attached hydrogens (tertiary/aromatic N) is 1. The standard InChI is InChI=1S/C14H15NO/c1-2-5-12-8-9-15(10-11-16)14-7-4-3-6-13(12)14/h2-9,16H,1,10-11H2/b12-5-. The number of hydrogen-bond acceptors (Lipinski definition) is 2. The minimum Gasteiger partial charge on any atom is -0.395 e. The number of benzene rings is 1. The van der Waals surface area contributed by atoms with Gasteiger partial charge in [0, 0.05) is 24.0 Å². The molecular weight excluding hydrogens is 198 g/mol. The molecule has 82 valence electrons. The Morgan fingerprint density at radius 2 is 2.12 bits per heavy atom. The molecule has 0 atom stereocenters. The molecule has 16 heavy (non-hydrogen) atoms. The number of aliphatic hydroxyl groups excluding tert-OH is 1. The fourth-order valence-electron chi connectivity index (χ4n) is 1.88. The lowest BCUT2D eigenvalue weighted by Crippen LogP contribution is -2.23. The van der Waals surface area contributed by atoms with Crippen molar-refractivity contribution in [2.45, 2.75) is 0 Å². The lowest BCUT2D eigenvalue weighted by atomic mass is 9.99. The molecule has 0 fully saturated rings. The normalized spacial score (nSPS) is 16.3. The van der Waals surface area contributed by atoms with Gasteiger partial charge in [0.15, 0.2) is 0 Å². The molecule has 0 amide bonds. The Morgan fingerprint density at radius 1 is 1.31 bits per heavy atom. The van der Waals surface area contributed by atoms with Crippen molar-refractivity contribution in [2.24, 2.45) is 0 Å². The fraction of sp³-hybridized carbons (Fsp3) is 0.143. The summed E-state index contributed by atoms with van der Waals surface area (Å²) >= 11 is 0. The highest BCUT2D eigenvalue weighted by molar-refractivity contribution is 5.86. The minimum atomic E-state index is 0.152. The number of allylic oxidation sites excluding steroid dienone is 4. The summed E-state index contributed by atoms with van der Waals surface area (Å²) < 4.78 is 0. The molecule has 2 rings (SSSR count). The summed E-state index contributed by atoms with van der Waals surface area (Å²) in [5, 5.41) is 9.01. The van der Waals surface area contributed by atoms with E-state index in [1.54, 1.807) is 6.08 Å². The molecule has 0 saturated heterocycles. The number of β-amino-alcohol motifs (C(OH)–C–C–N with tert-alkyl or cyclic N) is 1. The highest BCUT2D eigenvalue weighted by Gasteiger charge is 2.14. The van der Waals surface area contributed by atoms with Gasteiger partial charge in [-0.15, -0.1) is 0 Å². The van der Waals surface area contributed by atoms with Crippen molar-refractivity contribution in [1.29, 1.82) is 0 Å². The third kappa shape index (κ3) is 1.92. The lowest BCUT2D eigenvalue weighted by Gasteiger charge is -2.26. The number of anilines is 1. The maximum atomic E-state index is 9.01. The van der Waals surface area contributed by atoms with Crippen LogP contribution in [0.25, 0.3) is 5.57 Å². The molecule has 2 heteroatoms. The van der Waals surface area contributed by atoms with E-state index < -0.39 is 0 Å². The van der Waals surface area contributed by atoms with Crippen LogP contribution in [-0.2, 0) is 0 Å². The molecule has 0 spiro atoms. The summed E-state index contributed by atoms with van der Waals surface area (Å²) in [6, 6.07) is 8.17. The number of rotatable bonds is 3. The van der Waals surface area contributed by atoms with E-state index in [1.807, 2.05) is 30.5 Å². The molecule has 1 aromatic rings. The van der Waals surface area contributed by atoms with Gasteiger partial charge in [0.2, 0.25) is 0 Å². The van der Waals surface area contributed by atoms with Gasteiger partial charge in [0.25, 0.3) is 0 Å². The smallest absolute Gasteiger partial charge is 0.0610 e. The van der Waals surface area contributed by atoms with Gasteiger partial charge in [-0.3, -0.25) is 0 Å². The predicted octanol–water partition coefficient (Wildman–Crippen LogP) is 2.58. The first kappa shape index (κ1) is 10.7. The minimum absolute atomic E-state index is 0.152. The molecule has 0 bridgehead atoms. The van der Waals surface area contributed by atoms with Gasteiger partial charge in [-0.05, 0) is 17.7 Å². The number of para-hydroxylation sites is 1. The quantitative estimate of drug-likeness (QED) is 0.834. The van der Waals surface area contributed by atoms with Gasteiger partial charge in [0.05, 0.1) is 6.61 Å². The second-order valence-electron chi connectivity index (χ2n) is 3.61. The Hall–Kier alpha value is -1.80. The summed E-state index contributed by atoms with van der Waals surface area (Å²) in [6.45, 7) is 4.49. The number of aliphatic hydroxyl groups is 1. The van der Waals surface area contributed by atoms with E-state index in [9.17, 15) is 0 Å². The van der Waals surface area contributed by atoms with E-state index in [0.29, 0.717) is 6.54 Å². The summed E-state index contributed by atoms with van der Waals surface area (Å²) in [4.78, 5) is 2.05. The fourth-order valence-corrected chi connectivity index (χ4v) is 1.88. The van der Waals surface area contributed by atoms with Gasteiger partial charge in [-0.2, -0.15) is 0 Å². The van der Waals surface area contributed by atoms with Crippen LogP contribution in [0, 0.1) is 0 Å². The highest BCUT2D eigenvalue weighted by atomic mass is 16.3. The van der Waals surface area contributed by atoms with Crippen molar-refractivity contribution in [3.05, 3.63) is 60.8 Å². The first-order chi connectivity index (χ1) is 7.86. The molecule has 1 N–H and O–H groups in total. The predicted molar refractivity (Wildman–Crippen MR) is 68.2 cm³/mol. The van der Waals surface area contributed by atoms with Crippen LogP contribution in [0.2, 0.25) is 0 Å². The van der Waals surface area contributed by atoms with Crippen molar-refractivity contribution in [1.82, 2.24) is 0 Å². The van der Waals surface area contributed by atoms with Crippen LogP contribution in [0.1, 0.15) is 5.56 Å². The van der Waals surface area contributed by atoms with Gasteiger partial charge in [-0.1, -0.05) is 36.9 Å². The summed E-state index contributed by atoms with van der Waals surface area (Å²) in [7, 11) is 0. The second-order valence-corrected chi connectivity index (χ2v) is 3.61. The van der Waals surface area contributed by atoms with E-state index in [-0.39, 0.29) is 6.61 Å². The molecule has 1 heterocycles. The zero-order valence-electron chi connectivity index (χ0n) is 9.13.